The third kappa shape index (κ3) is 5.68. The Bertz CT molecular complexity index is 2080. The van der Waals surface area contributed by atoms with Gasteiger partial charge >= 0.3 is 6.03 Å². The zero-order chi connectivity index (χ0) is 39.7. The number of aliphatic hydroxyl groups excluding tert-OH is 1. The second-order valence-electron chi connectivity index (χ2n) is 18.2. The smallest absolute Gasteiger partial charge is 0.317 e. The van der Waals surface area contributed by atoms with E-state index in [1.807, 2.05) is 74.5 Å². The highest BCUT2D eigenvalue weighted by atomic mass is 16.5. The number of benzene rings is 3. The fourth-order valence-corrected chi connectivity index (χ4v) is 12.3. The third-order valence-corrected chi connectivity index (χ3v) is 15.2. The van der Waals surface area contributed by atoms with Gasteiger partial charge in [0.15, 0.2) is 5.78 Å². The molecule has 9 rings (SSSR count). The average Bonchev–Trinajstić information content (AvgIpc) is 3.47. The van der Waals surface area contributed by atoms with Gasteiger partial charge in [-0.05, 0) is 99.3 Å². The molecule has 0 aliphatic heterocycles. The number of nitrogens with zero attached hydrogens (tertiary/aromatic N) is 1. The van der Waals surface area contributed by atoms with Crippen molar-refractivity contribution in [1.29, 1.82) is 0 Å². The Morgan fingerprint density at radius 3 is 2.30 bits per heavy atom. The van der Waals surface area contributed by atoms with Gasteiger partial charge in [0.05, 0.1) is 39.0 Å². The van der Waals surface area contributed by atoms with Crippen molar-refractivity contribution in [1.82, 2.24) is 10.2 Å². The lowest BCUT2D eigenvalue weighted by Gasteiger charge is -2.71. The summed E-state index contributed by atoms with van der Waals surface area (Å²) in [6.07, 6.45) is 11.6. The number of carbonyl (C=O) groups is 2. The number of ketones is 1. The number of ether oxygens (including phenoxy) is 2. The lowest BCUT2D eigenvalue weighted by Crippen LogP contribution is -2.67. The van der Waals surface area contributed by atoms with Crippen LogP contribution in [0.25, 0.3) is 11.1 Å². The minimum Gasteiger partial charge on any atom is -0.497 e. The second-order valence-corrected chi connectivity index (χ2v) is 18.2. The largest absolute Gasteiger partial charge is 0.497 e. The molecule has 56 heavy (non-hydrogen) atoms. The van der Waals surface area contributed by atoms with Crippen LogP contribution in [0.4, 0.5) is 4.79 Å². The van der Waals surface area contributed by atoms with E-state index in [4.69, 9.17) is 9.47 Å². The molecule has 0 saturated heterocycles. The van der Waals surface area contributed by atoms with E-state index >= 15 is 4.79 Å². The van der Waals surface area contributed by atoms with Crippen LogP contribution in [-0.2, 0) is 6.54 Å². The van der Waals surface area contributed by atoms with E-state index < -0.39 is 27.9 Å². The highest BCUT2D eigenvalue weighted by Gasteiger charge is 2.74. The van der Waals surface area contributed by atoms with Crippen LogP contribution < -0.4 is 14.8 Å². The number of aliphatic hydroxyl groups is 2. The van der Waals surface area contributed by atoms with Crippen molar-refractivity contribution in [3.8, 4) is 22.6 Å². The maximum absolute atomic E-state index is 15.5. The van der Waals surface area contributed by atoms with Gasteiger partial charge in [0.1, 0.15) is 11.5 Å². The number of fused-ring (bicyclic) bond motifs is 1. The second kappa shape index (κ2) is 13.9. The van der Waals surface area contributed by atoms with Crippen LogP contribution in [0.1, 0.15) is 88.6 Å². The average molecular weight is 759 g/mol. The summed E-state index contributed by atoms with van der Waals surface area (Å²) in [5.41, 5.74) is 1.16. The quantitative estimate of drug-likeness (QED) is 0.141. The highest BCUT2D eigenvalue weighted by molar-refractivity contribution is 6.14. The summed E-state index contributed by atoms with van der Waals surface area (Å²) in [6, 6.07) is 23.3. The van der Waals surface area contributed by atoms with Crippen molar-refractivity contribution in [3.05, 3.63) is 108 Å². The number of methoxy groups -OCH3 is 2. The van der Waals surface area contributed by atoms with Gasteiger partial charge in [-0.2, -0.15) is 0 Å². The summed E-state index contributed by atoms with van der Waals surface area (Å²) in [6.45, 7) is 8.88. The van der Waals surface area contributed by atoms with Crippen LogP contribution in [0.5, 0.6) is 11.5 Å². The Labute approximate surface area is 332 Å². The van der Waals surface area contributed by atoms with E-state index in [1.54, 1.807) is 19.1 Å². The van der Waals surface area contributed by atoms with Gasteiger partial charge in [-0.15, -0.1) is 0 Å². The molecule has 6 aliphatic rings. The van der Waals surface area contributed by atoms with Crippen molar-refractivity contribution in [2.24, 2.45) is 33.5 Å². The van der Waals surface area contributed by atoms with Crippen LogP contribution in [0.15, 0.2) is 96.6 Å². The Hall–Kier alpha value is -4.40. The molecule has 6 aliphatic carbocycles. The lowest BCUT2D eigenvalue weighted by atomic mass is 9.32. The first-order valence-electron chi connectivity index (χ1n) is 20.5. The predicted molar refractivity (Wildman–Crippen MR) is 218 cm³/mol. The molecule has 3 aromatic carbocycles. The molecule has 3 fully saturated rings. The molecule has 0 heterocycles. The fraction of sp³-hybridized carbons (Fsp3) is 0.500. The third-order valence-electron chi connectivity index (χ3n) is 15.2. The summed E-state index contributed by atoms with van der Waals surface area (Å²) in [4.78, 5) is 31.3. The molecule has 8 unspecified atom stereocenters. The maximum atomic E-state index is 15.5. The van der Waals surface area contributed by atoms with Crippen molar-refractivity contribution in [3.63, 3.8) is 0 Å². The normalized spacial score (nSPS) is 33.9. The molecular formula is C48H58N2O6. The Morgan fingerprint density at radius 2 is 1.57 bits per heavy atom. The zero-order valence-corrected chi connectivity index (χ0v) is 33.8. The van der Waals surface area contributed by atoms with Crippen LogP contribution >= 0.6 is 0 Å². The van der Waals surface area contributed by atoms with E-state index in [1.165, 1.54) is 0 Å². The number of nitrogens with one attached hydrogen (secondary N) is 1. The van der Waals surface area contributed by atoms with Crippen LogP contribution in [0.3, 0.4) is 0 Å². The van der Waals surface area contributed by atoms with Gasteiger partial charge in [-0.3, -0.25) is 4.79 Å². The van der Waals surface area contributed by atoms with Gasteiger partial charge < -0.3 is 29.9 Å². The molecule has 0 aromatic heterocycles. The summed E-state index contributed by atoms with van der Waals surface area (Å²) in [5.74, 6) is 1.41. The van der Waals surface area contributed by atoms with Crippen molar-refractivity contribution in [2.75, 3.05) is 20.8 Å². The standard InChI is InChI=1S/C48H58N2O6/c1-31(2)49-43(53)50(29-33-16-17-35(55-5)26-39(33)56-6)30-47(54)23-20-41-45(47,4)22-19-40-44(3)21-18-34(51)27-46(44)24-25-48(40,41)38(28-46)42(52)37-15-11-10-14-36(37)32-12-8-7-9-13-32/h7-17,24-26,28,31,34,40-41,51,54H,18-23,27,29-30H2,1-6H3,(H,49,53). The first-order valence-corrected chi connectivity index (χ1v) is 20.5. The zero-order valence-electron chi connectivity index (χ0n) is 33.8. The monoisotopic (exact) mass is 758 g/mol. The van der Waals surface area contributed by atoms with Crippen LogP contribution in [0, 0.1) is 33.5 Å². The maximum Gasteiger partial charge on any atom is 0.317 e. The Balaban J connectivity index is 1.22. The number of rotatable bonds is 10. The molecular weight excluding hydrogens is 701 g/mol. The van der Waals surface area contributed by atoms with Gasteiger partial charge in [-0.1, -0.05) is 86.7 Å². The topological polar surface area (TPSA) is 108 Å². The summed E-state index contributed by atoms with van der Waals surface area (Å²) in [7, 11) is 3.22. The van der Waals surface area contributed by atoms with Gasteiger partial charge in [0.2, 0.25) is 0 Å². The summed E-state index contributed by atoms with van der Waals surface area (Å²) < 4.78 is 11.2. The van der Waals surface area contributed by atoms with E-state index in [0.29, 0.717) is 29.9 Å². The molecule has 2 bridgehead atoms. The van der Waals surface area contributed by atoms with Gasteiger partial charge in [0.25, 0.3) is 0 Å². The Kier molecular flexibility index (Phi) is 9.56. The molecule has 296 valence electrons. The van der Waals surface area contributed by atoms with E-state index in [2.05, 4.69) is 49.5 Å². The number of Topliss-reactive ketones (excluding diaryl/α,β-unsaturated/α-hetero) is 1. The van der Waals surface area contributed by atoms with Crippen molar-refractivity contribution >= 4 is 11.8 Å². The van der Waals surface area contributed by atoms with Gasteiger partial charge in [0, 0.05) is 45.1 Å². The molecule has 2 amide bonds. The first-order chi connectivity index (χ1) is 26.7. The molecule has 3 N–H and O–H groups in total. The van der Waals surface area contributed by atoms with Crippen molar-refractivity contribution in [2.45, 2.75) is 96.9 Å². The number of urea groups is 1. The molecule has 8 atom stereocenters. The summed E-state index contributed by atoms with van der Waals surface area (Å²) >= 11 is 0. The molecule has 2 spiro atoms. The predicted octanol–water partition coefficient (Wildman–Crippen LogP) is 8.76. The highest BCUT2D eigenvalue weighted by Crippen LogP contribution is 2.78. The summed E-state index contributed by atoms with van der Waals surface area (Å²) in [5, 5.41) is 27.5. The minimum atomic E-state index is -1.23. The molecule has 8 nitrogen and oxygen atoms in total. The van der Waals surface area contributed by atoms with Crippen molar-refractivity contribution < 1.29 is 29.3 Å². The Morgan fingerprint density at radius 1 is 0.875 bits per heavy atom. The van der Waals surface area contributed by atoms with E-state index in [9.17, 15) is 15.0 Å². The first kappa shape index (κ1) is 38.5. The minimum absolute atomic E-state index is 0.0320. The van der Waals surface area contributed by atoms with E-state index in [0.717, 1.165) is 54.4 Å². The SMILES string of the molecule is COc1ccc(CN(CC2(O)CCC3C45C=CC6(C=C4C(=O)c4ccccc4-c4ccccc4)CC(O)CCC6(C)C5CCC32C)C(=O)NC(C)C)c(OC)c1. The molecule has 3 aromatic rings. The lowest BCUT2D eigenvalue weighted by molar-refractivity contribution is -0.174. The number of hydrogen-bond acceptors (Lipinski definition) is 6. The van der Waals surface area contributed by atoms with Crippen LogP contribution in [0.2, 0.25) is 0 Å². The van der Waals surface area contributed by atoms with E-state index in [-0.39, 0.29) is 48.2 Å². The molecule has 0 radical (unpaired) electrons. The molecule has 3 saturated carbocycles. The number of hydrogen-bond donors (Lipinski definition) is 3. The van der Waals surface area contributed by atoms with Crippen LogP contribution in [-0.4, -0.2) is 65.4 Å². The molecule has 8 heteroatoms. The number of carbonyl (C=O) groups excluding carboxylic acids is 2. The number of amides is 2. The fourth-order valence-electron chi connectivity index (χ4n) is 12.3. The number of allylic oxidation sites excluding steroid dienone is 4. The van der Waals surface area contributed by atoms with Gasteiger partial charge in [-0.25, -0.2) is 4.79 Å².